The van der Waals surface area contributed by atoms with Crippen LogP contribution in [0.2, 0.25) is 0 Å². The number of hydrogen-bond donors (Lipinski definition) is 2. The molecule has 0 aromatic carbocycles. The average molecular weight is 343 g/mol. The van der Waals surface area contributed by atoms with Crippen molar-refractivity contribution in [1.82, 2.24) is 20.2 Å². The summed E-state index contributed by atoms with van der Waals surface area (Å²) in [4.78, 5) is 23.1. The Morgan fingerprint density at radius 2 is 2.20 bits per heavy atom. The molecule has 1 aliphatic heterocycles. The van der Waals surface area contributed by atoms with E-state index in [0.29, 0.717) is 6.54 Å². The minimum Gasteiger partial charge on any atom is -0.344 e. The molecule has 2 aliphatic rings. The zero-order valence-electron chi connectivity index (χ0n) is 15.6. The molecule has 6 heteroatoms. The number of imidazole rings is 1. The lowest BCUT2D eigenvalue weighted by Crippen LogP contribution is -2.51. The van der Waals surface area contributed by atoms with Crippen LogP contribution in [0.4, 0.5) is 0 Å². The van der Waals surface area contributed by atoms with Crippen molar-refractivity contribution in [3.63, 3.8) is 0 Å². The first-order valence-electron chi connectivity index (χ1n) is 9.47. The number of nitrogens with one attached hydrogen (secondary N) is 2. The van der Waals surface area contributed by atoms with Crippen molar-refractivity contribution in [2.45, 2.75) is 70.9 Å². The number of fused-ring (bicyclic) bond motifs is 1. The Hall–Kier alpha value is -1.87. The number of rotatable bonds is 5. The molecule has 2 atom stereocenters. The van der Waals surface area contributed by atoms with E-state index in [1.54, 1.807) is 6.92 Å². The van der Waals surface area contributed by atoms with Gasteiger partial charge >= 0.3 is 0 Å². The van der Waals surface area contributed by atoms with Gasteiger partial charge in [0.1, 0.15) is 11.4 Å². The minimum atomic E-state index is -0.823. The lowest BCUT2D eigenvalue weighted by molar-refractivity contribution is -0.124. The molecule has 1 fully saturated rings. The molecule has 2 heterocycles. The number of nitrogens with zero attached hydrogens (tertiary/aromatic N) is 3. The van der Waals surface area contributed by atoms with E-state index in [1.807, 2.05) is 13.8 Å². The fourth-order valence-electron chi connectivity index (χ4n) is 3.77. The number of nitriles is 1. The summed E-state index contributed by atoms with van der Waals surface area (Å²) in [6.07, 6.45) is 6.70. The van der Waals surface area contributed by atoms with Crippen LogP contribution < -0.4 is 5.32 Å². The van der Waals surface area contributed by atoms with E-state index < -0.39 is 5.54 Å². The molecular formula is C19H29N5O. The van der Waals surface area contributed by atoms with Crippen LogP contribution in [0.25, 0.3) is 0 Å². The third kappa shape index (κ3) is 3.72. The summed E-state index contributed by atoms with van der Waals surface area (Å²) >= 11 is 0. The fourth-order valence-corrected chi connectivity index (χ4v) is 3.77. The van der Waals surface area contributed by atoms with Gasteiger partial charge in [-0.25, -0.2) is 4.98 Å². The largest absolute Gasteiger partial charge is 0.344 e. The molecular weight excluding hydrogens is 314 g/mol. The van der Waals surface area contributed by atoms with Gasteiger partial charge in [-0.1, -0.05) is 13.8 Å². The molecule has 1 aromatic rings. The highest BCUT2D eigenvalue weighted by atomic mass is 16.2. The van der Waals surface area contributed by atoms with E-state index in [1.165, 1.54) is 24.2 Å². The van der Waals surface area contributed by atoms with Crippen LogP contribution in [0.15, 0.2) is 0 Å². The maximum atomic E-state index is 12.5. The lowest BCUT2D eigenvalue weighted by atomic mass is 9.90. The molecule has 1 aromatic heterocycles. The lowest BCUT2D eigenvalue weighted by Gasteiger charge is -2.29. The molecule has 0 saturated carbocycles. The molecule has 0 bridgehead atoms. The Labute approximate surface area is 150 Å². The number of aromatic nitrogens is 2. The van der Waals surface area contributed by atoms with Crippen LogP contribution >= 0.6 is 0 Å². The molecule has 1 aliphatic carbocycles. The second-order valence-corrected chi connectivity index (χ2v) is 7.90. The van der Waals surface area contributed by atoms with Gasteiger partial charge in [-0.05, 0) is 57.9 Å². The molecule has 3 rings (SSSR count). The average Bonchev–Trinajstić information content (AvgIpc) is 3.20. The van der Waals surface area contributed by atoms with E-state index in [9.17, 15) is 10.1 Å². The number of H-pyrrole nitrogens is 1. The molecule has 1 saturated heterocycles. The first kappa shape index (κ1) is 17.9. The van der Waals surface area contributed by atoms with Crippen LogP contribution in [0.3, 0.4) is 0 Å². The molecule has 0 unspecified atom stereocenters. The maximum Gasteiger partial charge on any atom is 0.235 e. The third-order valence-corrected chi connectivity index (χ3v) is 5.79. The Morgan fingerprint density at radius 1 is 1.44 bits per heavy atom. The van der Waals surface area contributed by atoms with Crippen molar-refractivity contribution < 1.29 is 4.79 Å². The maximum absolute atomic E-state index is 12.5. The van der Waals surface area contributed by atoms with Crippen LogP contribution in [0, 0.1) is 17.2 Å². The van der Waals surface area contributed by atoms with Crippen molar-refractivity contribution >= 4 is 5.91 Å². The number of likely N-dealkylation sites (tertiary alicyclic amines) is 1. The SMILES string of the molecule is CC(C)[C@@](C)(C#N)NC(=O)CN1CCC[C@H]1c1nc2c([nH]1)CCCC2. The van der Waals surface area contributed by atoms with Crippen LogP contribution in [-0.4, -0.2) is 39.4 Å². The highest BCUT2D eigenvalue weighted by Gasteiger charge is 2.34. The first-order chi connectivity index (χ1) is 11.9. The molecule has 6 nitrogen and oxygen atoms in total. The number of carbonyl (C=O) groups excluding carboxylic acids is 1. The van der Waals surface area contributed by atoms with Crippen molar-refractivity contribution in [2.24, 2.45) is 5.92 Å². The predicted octanol–water partition coefficient (Wildman–Crippen LogP) is 2.48. The smallest absolute Gasteiger partial charge is 0.235 e. The van der Waals surface area contributed by atoms with Crippen LogP contribution in [0.1, 0.15) is 69.7 Å². The van der Waals surface area contributed by atoms with Crippen LogP contribution in [-0.2, 0) is 17.6 Å². The summed E-state index contributed by atoms with van der Waals surface area (Å²) in [5.41, 5.74) is 1.68. The Balaban J connectivity index is 1.67. The summed E-state index contributed by atoms with van der Waals surface area (Å²) in [6, 6.07) is 2.42. The minimum absolute atomic E-state index is 0.0626. The number of aromatic amines is 1. The van der Waals surface area contributed by atoms with E-state index in [-0.39, 0.29) is 17.9 Å². The molecule has 0 spiro atoms. The molecule has 2 N–H and O–H groups in total. The summed E-state index contributed by atoms with van der Waals surface area (Å²) in [5, 5.41) is 12.3. The standard InChI is InChI=1S/C19H29N5O/c1-13(2)19(3,12-20)23-17(25)11-24-10-6-9-16(24)18-21-14-7-4-5-8-15(14)22-18/h13,16H,4-11H2,1-3H3,(H,21,22)(H,23,25)/t16-,19+/m0/s1. The second kappa shape index (κ2) is 7.17. The highest BCUT2D eigenvalue weighted by Crippen LogP contribution is 2.32. The molecule has 0 radical (unpaired) electrons. The fraction of sp³-hybridized carbons (Fsp3) is 0.737. The van der Waals surface area contributed by atoms with Gasteiger partial charge < -0.3 is 10.3 Å². The van der Waals surface area contributed by atoms with Crippen LogP contribution in [0.5, 0.6) is 0 Å². The Kier molecular flexibility index (Phi) is 5.14. The zero-order valence-corrected chi connectivity index (χ0v) is 15.6. The van der Waals surface area contributed by atoms with Gasteiger partial charge in [0.15, 0.2) is 0 Å². The number of carbonyl (C=O) groups is 1. The van der Waals surface area contributed by atoms with Crippen molar-refractivity contribution in [3.05, 3.63) is 17.2 Å². The van der Waals surface area contributed by atoms with Gasteiger partial charge in [0, 0.05) is 5.69 Å². The third-order valence-electron chi connectivity index (χ3n) is 5.79. The van der Waals surface area contributed by atoms with Gasteiger partial charge in [0.25, 0.3) is 0 Å². The second-order valence-electron chi connectivity index (χ2n) is 7.90. The monoisotopic (exact) mass is 343 g/mol. The molecule has 1 amide bonds. The Bertz CT molecular complexity index is 650. The van der Waals surface area contributed by atoms with Gasteiger partial charge in [0.2, 0.25) is 5.91 Å². The predicted molar refractivity (Wildman–Crippen MR) is 95.8 cm³/mol. The zero-order chi connectivity index (χ0) is 18.0. The van der Waals surface area contributed by atoms with E-state index in [2.05, 4.69) is 21.3 Å². The number of amides is 1. The number of aryl methyl sites for hydroxylation is 2. The number of hydrogen-bond acceptors (Lipinski definition) is 4. The quantitative estimate of drug-likeness (QED) is 0.860. The molecule has 136 valence electrons. The highest BCUT2D eigenvalue weighted by molar-refractivity contribution is 5.79. The van der Waals surface area contributed by atoms with Crippen molar-refractivity contribution in [1.29, 1.82) is 5.26 Å². The van der Waals surface area contributed by atoms with E-state index in [4.69, 9.17) is 4.98 Å². The topological polar surface area (TPSA) is 84.8 Å². The normalized spacial score (nSPS) is 23.1. The van der Waals surface area contributed by atoms with Gasteiger partial charge in [0.05, 0.1) is 24.3 Å². The summed E-state index contributed by atoms with van der Waals surface area (Å²) < 4.78 is 0. The Morgan fingerprint density at radius 3 is 2.88 bits per heavy atom. The summed E-state index contributed by atoms with van der Waals surface area (Å²) in [6.45, 7) is 6.91. The van der Waals surface area contributed by atoms with Gasteiger partial charge in [-0.3, -0.25) is 9.69 Å². The van der Waals surface area contributed by atoms with Crippen molar-refractivity contribution in [3.8, 4) is 6.07 Å². The van der Waals surface area contributed by atoms with Gasteiger partial charge in [-0.2, -0.15) is 5.26 Å². The summed E-state index contributed by atoms with van der Waals surface area (Å²) in [7, 11) is 0. The first-order valence-corrected chi connectivity index (χ1v) is 9.47. The van der Waals surface area contributed by atoms with Gasteiger partial charge in [-0.15, -0.1) is 0 Å². The summed E-state index contributed by atoms with van der Waals surface area (Å²) in [5.74, 6) is 0.998. The molecule has 25 heavy (non-hydrogen) atoms. The van der Waals surface area contributed by atoms with E-state index >= 15 is 0 Å². The van der Waals surface area contributed by atoms with E-state index in [0.717, 1.165) is 38.1 Å². The van der Waals surface area contributed by atoms with Crippen molar-refractivity contribution in [2.75, 3.05) is 13.1 Å².